The molecule has 0 saturated carbocycles. The summed E-state index contributed by atoms with van der Waals surface area (Å²) in [6.07, 6.45) is 0.758. The molecule has 0 fully saturated rings. The van der Waals surface area contributed by atoms with Crippen molar-refractivity contribution in [2.75, 3.05) is 18.9 Å². The Labute approximate surface area is 110 Å². The Morgan fingerprint density at radius 2 is 2.26 bits per heavy atom. The Bertz CT molecular complexity index is 629. The van der Waals surface area contributed by atoms with E-state index >= 15 is 0 Å². The molecule has 102 valence electrons. The molecule has 0 aliphatic carbocycles. The predicted molar refractivity (Wildman–Crippen MR) is 73.2 cm³/mol. The van der Waals surface area contributed by atoms with Gasteiger partial charge in [-0.3, -0.25) is 9.78 Å². The molecule has 6 heteroatoms. The van der Waals surface area contributed by atoms with Crippen LogP contribution in [0.1, 0.15) is 13.3 Å². The zero-order valence-electron chi connectivity index (χ0n) is 10.9. The first-order chi connectivity index (χ1) is 9.13. The number of carbonyl (C=O) groups is 1. The van der Waals surface area contributed by atoms with E-state index in [-0.39, 0.29) is 11.8 Å². The summed E-state index contributed by atoms with van der Waals surface area (Å²) >= 11 is 0. The summed E-state index contributed by atoms with van der Waals surface area (Å²) in [5.74, 6) is -0.631. The highest BCUT2D eigenvalue weighted by Crippen LogP contribution is 2.17. The maximum Gasteiger partial charge on any atom is 0.417 e. The molecule has 1 aromatic heterocycles. The van der Waals surface area contributed by atoms with Crippen molar-refractivity contribution in [1.82, 2.24) is 10.3 Å². The quantitative estimate of drug-likeness (QED) is 0.759. The minimum atomic E-state index is -0.500. The van der Waals surface area contributed by atoms with Gasteiger partial charge in [-0.2, -0.15) is 0 Å². The number of oxazole rings is 1. The fourth-order valence-corrected chi connectivity index (χ4v) is 1.94. The zero-order chi connectivity index (χ0) is 13.8. The van der Waals surface area contributed by atoms with Gasteiger partial charge in [-0.25, -0.2) is 4.79 Å². The average Bonchev–Trinajstić information content (AvgIpc) is 2.75. The molecule has 0 aliphatic heterocycles. The largest absolute Gasteiger partial charge is 0.417 e. The van der Waals surface area contributed by atoms with E-state index in [1.807, 2.05) is 14.0 Å². The smallest absolute Gasteiger partial charge is 0.408 e. The van der Waals surface area contributed by atoms with Crippen molar-refractivity contribution in [2.45, 2.75) is 13.3 Å². The lowest BCUT2D eigenvalue weighted by atomic mass is 10.1. The third kappa shape index (κ3) is 3.03. The minimum Gasteiger partial charge on any atom is -0.408 e. The van der Waals surface area contributed by atoms with Gasteiger partial charge in [0.05, 0.1) is 11.4 Å². The number of H-pyrrole nitrogens is 1. The Kier molecular flexibility index (Phi) is 4.01. The van der Waals surface area contributed by atoms with E-state index in [1.165, 1.54) is 0 Å². The molecular formula is C13H17N3O3. The molecule has 6 nitrogen and oxygen atoms in total. The molecule has 0 spiro atoms. The van der Waals surface area contributed by atoms with Crippen LogP contribution in [0.4, 0.5) is 5.69 Å². The highest BCUT2D eigenvalue weighted by Gasteiger charge is 2.15. The van der Waals surface area contributed by atoms with Crippen molar-refractivity contribution < 1.29 is 9.21 Å². The van der Waals surface area contributed by atoms with E-state index < -0.39 is 5.76 Å². The first kappa shape index (κ1) is 13.4. The van der Waals surface area contributed by atoms with Gasteiger partial charge < -0.3 is 15.1 Å². The third-order valence-electron chi connectivity index (χ3n) is 3.00. The van der Waals surface area contributed by atoms with E-state index in [0.29, 0.717) is 23.3 Å². The molecule has 19 heavy (non-hydrogen) atoms. The average molecular weight is 263 g/mol. The van der Waals surface area contributed by atoms with Crippen LogP contribution >= 0.6 is 0 Å². The van der Waals surface area contributed by atoms with E-state index in [9.17, 15) is 9.59 Å². The number of benzene rings is 1. The van der Waals surface area contributed by atoms with Crippen LogP contribution in [0.15, 0.2) is 27.4 Å². The van der Waals surface area contributed by atoms with E-state index in [1.54, 1.807) is 18.2 Å². The summed E-state index contributed by atoms with van der Waals surface area (Å²) in [7, 11) is 1.82. The Morgan fingerprint density at radius 1 is 1.47 bits per heavy atom. The summed E-state index contributed by atoms with van der Waals surface area (Å²) in [6, 6.07) is 5.07. The van der Waals surface area contributed by atoms with Crippen LogP contribution in [0.2, 0.25) is 0 Å². The van der Waals surface area contributed by atoms with Gasteiger partial charge >= 0.3 is 5.76 Å². The summed E-state index contributed by atoms with van der Waals surface area (Å²) in [5.41, 5.74) is 1.67. The number of amides is 1. The maximum atomic E-state index is 12.0. The second kappa shape index (κ2) is 5.71. The molecule has 3 N–H and O–H groups in total. The Balaban J connectivity index is 2.16. The molecule has 1 amide bonds. The van der Waals surface area contributed by atoms with Crippen molar-refractivity contribution >= 4 is 22.7 Å². The third-order valence-corrected chi connectivity index (χ3v) is 3.00. The Morgan fingerprint density at radius 3 is 2.95 bits per heavy atom. The fraction of sp³-hybridized carbons (Fsp3) is 0.385. The number of fused-ring (bicyclic) bond motifs is 1. The number of hydrogen-bond donors (Lipinski definition) is 3. The predicted octanol–water partition coefficient (Wildman–Crippen LogP) is 1.31. The van der Waals surface area contributed by atoms with Crippen molar-refractivity contribution in [3.63, 3.8) is 0 Å². The van der Waals surface area contributed by atoms with Gasteiger partial charge in [0, 0.05) is 18.3 Å². The van der Waals surface area contributed by atoms with Gasteiger partial charge in [0.1, 0.15) is 0 Å². The summed E-state index contributed by atoms with van der Waals surface area (Å²) in [6.45, 7) is 2.60. The van der Waals surface area contributed by atoms with Gasteiger partial charge in [0.2, 0.25) is 5.91 Å². The van der Waals surface area contributed by atoms with Gasteiger partial charge in [0.25, 0.3) is 0 Å². The second-order valence-corrected chi connectivity index (χ2v) is 4.38. The lowest BCUT2D eigenvalue weighted by molar-refractivity contribution is -0.119. The molecule has 0 aliphatic rings. The maximum absolute atomic E-state index is 12.0. The monoisotopic (exact) mass is 263 g/mol. The van der Waals surface area contributed by atoms with Crippen LogP contribution < -0.4 is 16.4 Å². The molecule has 1 heterocycles. The number of aromatic nitrogens is 1. The van der Waals surface area contributed by atoms with Crippen LogP contribution in [0, 0.1) is 5.92 Å². The van der Waals surface area contributed by atoms with Crippen molar-refractivity contribution in [2.24, 2.45) is 5.92 Å². The highest BCUT2D eigenvalue weighted by atomic mass is 16.4. The molecule has 2 rings (SSSR count). The van der Waals surface area contributed by atoms with Crippen molar-refractivity contribution in [1.29, 1.82) is 0 Å². The lowest BCUT2D eigenvalue weighted by Gasteiger charge is -2.14. The number of anilines is 1. The number of aromatic amines is 1. The van der Waals surface area contributed by atoms with Gasteiger partial charge in [0.15, 0.2) is 5.58 Å². The lowest BCUT2D eigenvalue weighted by Crippen LogP contribution is -2.30. The van der Waals surface area contributed by atoms with Crippen LogP contribution in [0.25, 0.3) is 11.1 Å². The molecule has 1 aromatic carbocycles. The van der Waals surface area contributed by atoms with Crippen LogP contribution in [-0.2, 0) is 4.79 Å². The molecule has 2 aromatic rings. The first-order valence-electron chi connectivity index (χ1n) is 6.22. The second-order valence-electron chi connectivity index (χ2n) is 4.38. The highest BCUT2D eigenvalue weighted by molar-refractivity contribution is 5.94. The van der Waals surface area contributed by atoms with Gasteiger partial charge in [-0.1, -0.05) is 6.92 Å². The van der Waals surface area contributed by atoms with Gasteiger partial charge in [-0.05, 0) is 25.6 Å². The number of carbonyl (C=O) groups excluding carboxylic acids is 1. The summed E-state index contributed by atoms with van der Waals surface area (Å²) < 4.78 is 4.95. The molecule has 1 atom stereocenters. The van der Waals surface area contributed by atoms with E-state index in [4.69, 9.17) is 4.42 Å². The van der Waals surface area contributed by atoms with Gasteiger partial charge in [-0.15, -0.1) is 0 Å². The van der Waals surface area contributed by atoms with Crippen LogP contribution in [0.3, 0.4) is 0 Å². The number of rotatable bonds is 5. The number of nitrogens with one attached hydrogen (secondary N) is 3. The fourth-order valence-electron chi connectivity index (χ4n) is 1.94. The van der Waals surface area contributed by atoms with Crippen molar-refractivity contribution in [3.8, 4) is 0 Å². The molecule has 1 unspecified atom stereocenters. The SMILES string of the molecule is CCC(CNC)C(=O)Nc1ccc2[nH]c(=O)oc2c1. The summed E-state index contributed by atoms with van der Waals surface area (Å²) in [4.78, 5) is 25.6. The molecule has 0 saturated heterocycles. The zero-order valence-corrected chi connectivity index (χ0v) is 10.9. The molecule has 0 bridgehead atoms. The van der Waals surface area contributed by atoms with Crippen LogP contribution in [-0.4, -0.2) is 24.5 Å². The number of hydrogen-bond acceptors (Lipinski definition) is 4. The normalized spacial score (nSPS) is 12.5. The van der Waals surface area contributed by atoms with E-state index in [2.05, 4.69) is 15.6 Å². The Hall–Kier alpha value is -2.08. The summed E-state index contributed by atoms with van der Waals surface area (Å²) in [5, 5.41) is 5.82. The topological polar surface area (TPSA) is 87.1 Å². The first-order valence-corrected chi connectivity index (χ1v) is 6.22. The molecule has 0 radical (unpaired) electrons. The van der Waals surface area contributed by atoms with Crippen LogP contribution in [0.5, 0.6) is 0 Å². The minimum absolute atomic E-state index is 0.0471. The van der Waals surface area contributed by atoms with E-state index in [0.717, 1.165) is 6.42 Å². The molecular weight excluding hydrogens is 246 g/mol. The van der Waals surface area contributed by atoms with Crippen molar-refractivity contribution in [3.05, 3.63) is 28.7 Å². The standard InChI is InChI=1S/C13H17N3O3/c1-3-8(7-14-2)12(17)15-9-4-5-10-11(6-9)19-13(18)16-10/h4-6,8,14H,3,7H2,1-2H3,(H,15,17)(H,16,18).